The van der Waals surface area contributed by atoms with Gasteiger partial charge in [-0.05, 0) is 40.5 Å². The first-order chi connectivity index (χ1) is 7.21. The van der Waals surface area contributed by atoms with Gasteiger partial charge in [-0.2, -0.15) is 13.2 Å². The summed E-state index contributed by atoms with van der Waals surface area (Å²) in [5.41, 5.74) is 0.0156. The van der Waals surface area contributed by atoms with Crippen LogP contribution < -0.4 is 5.32 Å². The van der Waals surface area contributed by atoms with Crippen molar-refractivity contribution >= 4 is 27.5 Å². The van der Waals surface area contributed by atoms with Crippen LogP contribution in [0, 0.1) is 12.7 Å². The molecule has 1 N–H and O–H groups in total. The minimum atomic E-state index is -4.97. The van der Waals surface area contributed by atoms with Crippen LogP contribution in [0.2, 0.25) is 0 Å². The molecule has 0 spiro atoms. The predicted molar refractivity (Wildman–Crippen MR) is 53.5 cm³/mol. The number of carbonyl (C=O) groups is 1. The monoisotopic (exact) mass is 299 g/mol. The average Bonchev–Trinajstić information content (AvgIpc) is 2.12. The molecule has 1 amide bonds. The molecular weight excluding hydrogens is 294 g/mol. The van der Waals surface area contributed by atoms with Crippen LogP contribution in [0.3, 0.4) is 0 Å². The van der Waals surface area contributed by atoms with Crippen molar-refractivity contribution in [3.05, 3.63) is 28.0 Å². The lowest BCUT2D eigenvalue weighted by Gasteiger charge is -2.10. The average molecular weight is 300 g/mol. The molecule has 0 aliphatic carbocycles. The Labute approximate surface area is 96.8 Å². The normalized spacial score (nSPS) is 11.4. The van der Waals surface area contributed by atoms with E-state index in [1.165, 1.54) is 6.92 Å². The van der Waals surface area contributed by atoms with Crippen molar-refractivity contribution in [3.63, 3.8) is 0 Å². The van der Waals surface area contributed by atoms with Crippen LogP contribution in [-0.2, 0) is 4.79 Å². The second-order valence-electron chi connectivity index (χ2n) is 3.03. The number of rotatable bonds is 1. The number of anilines is 1. The van der Waals surface area contributed by atoms with Crippen molar-refractivity contribution in [1.82, 2.24) is 0 Å². The van der Waals surface area contributed by atoms with E-state index in [0.29, 0.717) is 0 Å². The van der Waals surface area contributed by atoms with Crippen LogP contribution in [0.15, 0.2) is 16.6 Å². The van der Waals surface area contributed by atoms with E-state index >= 15 is 0 Å². The minimum Gasteiger partial charge on any atom is -0.317 e. The van der Waals surface area contributed by atoms with E-state index < -0.39 is 17.9 Å². The Hall–Kier alpha value is -1.11. The molecule has 0 aromatic heterocycles. The van der Waals surface area contributed by atoms with Crippen LogP contribution in [0.5, 0.6) is 0 Å². The summed E-state index contributed by atoms with van der Waals surface area (Å²) >= 11 is 2.85. The van der Waals surface area contributed by atoms with Gasteiger partial charge in [0.1, 0.15) is 5.82 Å². The fourth-order valence-corrected chi connectivity index (χ4v) is 1.36. The maximum absolute atomic E-state index is 13.0. The van der Waals surface area contributed by atoms with E-state index in [1.807, 2.05) is 0 Å². The lowest BCUT2D eigenvalue weighted by molar-refractivity contribution is -0.167. The fraction of sp³-hybridized carbons (Fsp3) is 0.222. The Kier molecular flexibility index (Phi) is 3.57. The van der Waals surface area contributed by atoms with Gasteiger partial charge in [0.15, 0.2) is 0 Å². The summed E-state index contributed by atoms with van der Waals surface area (Å²) in [6.07, 6.45) is -4.97. The van der Waals surface area contributed by atoms with Gasteiger partial charge >= 0.3 is 12.1 Å². The first kappa shape index (κ1) is 13.0. The van der Waals surface area contributed by atoms with Gasteiger partial charge in [0, 0.05) is 4.47 Å². The van der Waals surface area contributed by atoms with E-state index in [1.54, 1.807) is 5.32 Å². The molecular formula is C9H6BrF4NO. The number of halogens is 5. The Morgan fingerprint density at radius 2 is 1.94 bits per heavy atom. The number of nitrogens with one attached hydrogen (secondary N) is 1. The first-order valence-electron chi connectivity index (χ1n) is 4.05. The number of aryl methyl sites for hydroxylation is 1. The second kappa shape index (κ2) is 4.40. The Balaban J connectivity index is 2.99. The van der Waals surface area contributed by atoms with E-state index in [0.717, 1.165) is 12.1 Å². The molecule has 0 aliphatic heterocycles. The van der Waals surface area contributed by atoms with Crippen LogP contribution in [0.25, 0.3) is 0 Å². The van der Waals surface area contributed by atoms with Gasteiger partial charge in [-0.3, -0.25) is 4.79 Å². The minimum absolute atomic E-state index is 0.0493. The Morgan fingerprint density at radius 1 is 1.38 bits per heavy atom. The van der Waals surface area contributed by atoms with Gasteiger partial charge in [-0.25, -0.2) is 4.39 Å². The number of alkyl halides is 3. The molecule has 1 aromatic carbocycles. The molecule has 2 nitrogen and oxygen atoms in total. The molecule has 0 aliphatic rings. The number of hydrogen-bond acceptors (Lipinski definition) is 1. The molecule has 0 bridgehead atoms. The lowest BCUT2D eigenvalue weighted by atomic mass is 10.2. The van der Waals surface area contributed by atoms with Crippen LogP contribution in [0.1, 0.15) is 5.56 Å². The molecule has 0 atom stereocenters. The standard InChI is InChI=1S/C9H6BrF4NO/c1-4-2-7(5(10)3-6(4)11)15-8(16)9(12,13)14/h2-3H,1H3,(H,15,16). The quantitative estimate of drug-likeness (QED) is 0.791. The number of hydrogen-bond donors (Lipinski definition) is 1. The zero-order chi connectivity index (χ0) is 12.5. The van der Waals surface area contributed by atoms with Crippen LogP contribution in [0.4, 0.5) is 23.2 Å². The fourth-order valence-electron chi connectivity index (χ4n) is 0.946. The Bertz CT molecular complexity index is 430. The molecule has 1 aromatic rings. The summed E-state index contributed by atoms with van der Waals surface area (Å²) in [5.74, 6) is -2.67. The summed E-state index contributed by atoms with van der Waals surface area (Å²) in [7, 11) is 0. The molecule has 0 heterocycles. The van der Waals surface area contributed by atoms with Crippen molar-refractivity contribution in [1.29, 1.82) is 0 Å². The molecule has 0 saturated carbocycles. The van der Waals surface area contributed by atoms with Gasteiger partial charge in [-0.15, -0.1) is 0 Å². The maximum Gasteiger partial charge on any atom is 0.471 e. The second-order valence-corrected chi connectivity index (χ2v) is 3.89. The topological polar surface area (TPSA) is 29.1 Å². The lowest BCUT2D eigenvalue weighted by Crippen LogP contribution is -2.30. The molecule has 0 saturated heterocycles. The maximum atomic E-state index is 13.0. The predicted octanol–water partition coefficient (Wildman–Crippen LogP) is 3.40. The molecule has 1 rings (SSSR count). The highest BCUT2D eigenvalue weighted by atomic mass is 79.9. The smallest absolute Gasteiger partial charge is 0.317 e. The Morgan fingerprint density at radius 3 is 2.44 bits per heavy atom. The van der Waals surface area contributed by atoms with Crippen molar-refractivity contribution in [2.24, 2.45) is 0 Å². The van der Waals surface area contributed by atoms with Crippen LogP contribution >= 0.6 is 15.9 Å². The summed E-state index contributed by atoms with van der Waals surface area (Å²) in [5, 5.41) is 1.64. The largest absolute Gasteiger partial charge is 0.471 e. The molecule has 88 valence electrons. The molecule has 0 unspecified atom stereocenters. The molecule has 0 fully saturated rings. The SMILES string of the molecule is Cc1cc(NC(=O)C(F)(F)F)c(Br)cc1F. The van der Waals surface area contributed by atoms with Crippen LogP contribution in [-0.4, -0.2) is 12.1 Å². The van der Waals surface area contributed by atoms with Gasteiger partial charge in [0.25, 0.3) is 0 Å². The zero-order valence-corrected chi connectivity index (χ0v) is 9.54. The summed E-state index contributed by atoms with van der Waals surface area (Å²) in [6, 6.07) is 2.10. The third kappa shape index (κ3) is 2.94. The third-order valence-corrected chi connectivity index (χ3v) is 2.41. The van der Waals surface area contributed by atoms with E-state index in [9.17, 15) is 22.4 Å². The van der Waals surface area contributed by atoms with Crippen molar-refractivity contribution in [2.45, 2.75) is 13.1 Å². The van der Waals surface area contributed by atoms with E-state index in [4.69, 9.17) is 0 Å². The van der Waals surface area contributed by atoms with Gasteiger partial charge in [0.05, 0.1) is 5.69 Å². The third-order valence-electron chi connectivity index (χ3n) is 1.75. The summed E-state index contributed by atoms with van der Waals surface area (Å²) in [6.45, 7) is 1.38. The molecule has 0 radical (unpaired) electrons. The number of benzene rings is 1. The van der Waals surface area contributed by atoms with E-state index in [2.05, 4.69) is 15.9 Å². The highest BCUT2D eigenvalue weighted by Gasteiger charge is 2.38. The van der Waals surface area contributed by atoms with Gasteiger partial charge < -0.3 is 5.32 Å². The van der Waals surface area contributed by atoms with Crippen molar-refractivity contribution in [2.75, 3.05) is 5.32 Å². The first-order valence-corrected chi connectivity index (χ1v) is 4.85. The number of amides is 1. The van der Waals surface area contributed by atoms with Gasteiger partial charge in [-0.1, -0.05) is 0 Å². The summed E-state index contributed by atoms with van der Waals surface area (Å²) in [4.78, 5) is 10.6. The number of carbonyl (C=O) groups excluding carboxylic acids is 1. The highest BCUT2D eigenvalue weighted by Crippen LogP contribution is 2.27. The molecule has 16 heavy (non-hydrogen) atoms. The van der Waals surface area contributed by atoms with Crippen molar-refractivity contribution < 1.29 is 22.4 Å². The highest BCUT2D eigenvalue weighted by molar-refractivity contribution is 9.10. The molecule has 7 heteroatoms. The van der Waals surface area contributed by atoms with Gasteiger partial charge in [0.2, 0.25) is 0 Å². The zero-order valence-electron chi connectivity index (χ0n) is 7.95. The van der Waals surface area contributed by atoms with E-state index in [-0.39, 0.29) is 15.7 Å². The van der Waals surface area contributed by atoms with Crippen molar-refractivity contribution in [3.8, 4) is 0 Å². The summed E-state index contributed by atoms with van der Waals surface area (Å²) < 4.78 is 48.9.